The molecule has 1 fully saturated rings. The van der Waals surface area contributed by atoms with Gasteiger partial charge < -0.3 is 21.1 Å². The zero-order chi connectivity index (χ0) is 14.7. The van der Waals surface area contributed by atoms with Gasteiger partial charge in [0.1, 0.15) is 5.82 Å². The van der Waals surface area contributed by atoms with Gasteiger partial charge in [-0.05, 0) is 45.0 Å². The highest BCUT2D eigenvalue weighted by Gasteiger charge is 2.17. The first-order chi connectivity index (χ1) is 9.47. The smallest absolute Gasteiger partial charge is 0.338 e. The molecule has 1 atom stereocenters. The molecule has 110 valence electrons. The summed E-state index contributed by atoms with van der Waals surface area (Å²) < 4.78 is 13.6. The lowest BCUT2D eigenvalue weighted by molar-refractivity contribution is 0.0692. The minimum atomic E-state index is -1.31. The summed E-state index contributed by atoms with van der Waals surface area (Å²) in [5.74, 6) is -2.09. The maximum absolute atomic E-state index is 13.6. The molecule has 20 heavy (non-hydrogen) atoms. The molecule has 0 radical (unpaired) electrons. The second kappa shape index (κ2) is 6.09. The van der Waals surface area contributed by atoms with E-state index in [-0.39, 0.29) is 11.7 Å². The average molecular weight is 281 g/mol. The zero-order valence-electron chi connectivity index (χ0n) is 11.5. The Bertz CT molecular complexity index is 501. The van der Waals surface area contributed by atoms with Crippen molar-refractivity contribution in [1.82, 2.24) is 4.90 Å². The summed E-state index contributed by atoms with van der Waals surface area (Å²) in [7, 11) is 0. The molecule has 0 bridgehead atoms. The third-order valence-corrected chi connectivity index (χ3v) is 3.50. The summed E-state index contributed by atoms with van der Waals surface area (Å²) >= 11 is 0. The van der Waals surface area contributed by atoms with Crippen LogP contribution >= 0.6 is 0 Å². The van der Waals surface area contributed by atoms with E-state index in [0.717, 1.165) is 31.8 Å². The van der Waals surface area contributed by atoms with E-state index < -0.39 is 17.3 Å². The van der Waals surface area contributed by atoms with Crippen molar-refractivity contribution >= 4 is 17.3 Å². The summed E-state index contributed by atoms with van der Waals surface area (Å²) in [4.78, 5) is 13.2. The molecular formula is C14H20FN3O2. The molecule has 1 aromatic carbocycles. The van der Waals surface area contributed by atoms with Crippen molar-refractivity contribution < 1.29 is 14.3 Å². The van der Waals surface area contributed by atoms with Crippen molar-refractivity contribution in [3.63, 3.8) is 0 Å². The number of hydrogen-bond donors (Lipinski definition) is 3. The highest BCUT2D eigenvalue weighted by molar-refractivity contribution is 5.90. The van der Waals surface area contributed by atoms with Crippen LogP contribution in [-0.2, 0) is 0 Å². The summed E-state index contributed by atoms with van der Waals surface area (Å²) in [5, 5.41) is 12.0. The molecule has 4 N–H and O–H groups in total. The zero-order valence-corrected chi connectivity index (χ0v) is 11.5. The number of rotatable bonds is 5. The van der Waals surface area contributed by atoms with Crippen LogP contribution in [0.5, 0.6) is 0 Å². The van der Waals surface area contributed by atoms with Crippen LogP contribution < -0.4 is 11.1 Å². The normalized spacial score (nSPS) is 17.1. The third kappa shape index (κ3) is 3.39. The van der Waals surface area contributed by atoms with Gasteiger partial charge in [0.15, 0.2) is 0 Å². The van der Waals surface area contributed by atoms with E-state index in [4.69, 9.17) is 10.8 Å². The van der Waals surface area contributed by atoms with E-state index in [2.05, 4.69) is 10.2 Å². The highest BCUT2D eigenvalue weighted by Crippen LogP contribution is 2.24. The van der Waals surface area contributed by atoms with Crippen molar-refractivity contribution in [2.45, 2.75) is 25.8 Å². The Morgan fingerprint density at radius 2 is 2.15 bits per heavy atom. The summed E-state index contributed by atoms with van der Waals surface area (Å²) in [5.41, 5.74) is 6.07. The average Bonchev–Trinajstić information content (AvgIpc) is 2.85. The van der Waals surface area contributed by atoms with Gasteiger partial charge in [0, 0.05) is 12.6 Å². The number of nitrogens with zero attached hydrogens (tertiary/aromatic N) is 1. The molecular weight excluding hydrogens is 261 g/mol. The lowest BCUT2D eigenvalue weighted by Crippen LogP contribution is -2.33. The number of nitrogens with two attached hydrogens (primary N) is 1. The second-order valence-corrected chi connectivity index (χ2v) is 5.28. The topological polar surface area (TPSA) is 78.6 Å². The summed E-state index contributed by atoms with van der Waals surface area (Å²) in [6.07, 6.45) is 2.44. The number of halogens is 1. The second-order valence-electron chi connectivity index (χ2n) is 5.28. The quantitative estimate of drug-likeness (QED) is 0.719. The van der Waals surface area contributed by atoms with E-state index in [1.54, 1.807) is 0 Å². The first-order valence-electron chi connectivity index (χ1n) is 6.78. The molecule has 6 heteroatoms. The van der Waals surface area contributed by atoms with Crippen LogP contribution in [0.25, 0.3) is 0 Å². The van der Waals surface area contributed by atoms with Gasteiger partial charge in [0.2, 0.25) is 0 Å². The highest BCUT2D eigenvalue weighted by atomic mass is 19.1. The molecule has 1 aliphatic heterocycles. The fourth-order valence-electron chi connectivity index (χ4n) is 2.54. The monoisotopic (exact) mass is 281 g/mol. The predicted octanol–water partition coefficient (Wildman–Crippen LogP) is 2.00. The van der Waals surface area contributed by atoms with Gasteiger partial charge in [-0.2, -0.15) is 0 Å². The fourth-order valence-corrected chi connectivity index (χ4v) is 2.54. The Morgan fingerprint density at radius 1 is 1.50 bits per heavy atom. The Labute approximate surface area is 117 Å². The van der Waals surface area contributed by atoms with Crippen LogP contribution in [0.3, 0.4) is 0 Å². The van der Waals surface area contributed by atoms with Gasteiger partial charge in [0.25, 0.3) is 0 Å². The third-order valence-electron chi connectivity index (χ3n) is 3.50. The van der Waals surface area contributed by atoms with Gasteiger partial charge in [0.05, 0.1) is 16.9 Å². The number of benzene rings is 1. The molecule has 2 rings (SSSR count). The maximum atomic E-state index is 13.6. The molecule has 1 saturated heterocycles. The van der Waals surface area contributed by atoms with Crippen LogP contribution in [-0.4, -0.2) is 41.7 Å². The molecule has 0 amide bonds. The van der Waals surface area contributed by atoms with Crippen LogP contribution in [0.15, 0.2) is 12.1 Å². The van der Waals surface area contributed by atoms with Gasteiger partial charge in [-0.15, -0.1) is 0 Å². The van der Waals surface area contributed by atoms with Crippen LogP contribution in [0.4, 0.5) is 15.8 Å². The van der Waals surface area contributed by atoms with Gasteiger partial charge in [-0.25, -0.2) is 9.18 Å². The van der Waals surface area contributed by atoms with E-state index >= 15 is 0 Å². The van der Waals surface area contributed by atoms with Gasteiger partial charge >= 0.3 is 5.97 Å². The van der Waals surface area contributed by atoms with Crippen molar-refractivity contribution in [2.75, 3.05) is 30.7 Å². The number of nitrogen functional groups attached to an aromatic ring is 1. The van der Waals surface area contributed by atoms with Crippen molar-refractivity contribution in [3.05, 3.63) is 23.5 Å². The molecule has 1 aliphatic rings. The first-order valence-corrected chi connectivity index (χ1v) is 6.78. The number of hydrogen-bond acceptors (Lipinski definition) is 4. The summed E-state index contributed by atoms with van der Waals surface area (Å²) in [6, 6.07) is 2.42. The number of likely N-dealkylation sites (tertiary alicyclic amines) is 1. The van der Waals surface area contributed by atoms with Crippen LogP contribution in [0, 0.1) is 5.82 Å². The molecule has 5 nitrogen and oxygen atoms in total. The predicted molar refractivity (Wildman–Crippen MR) is 76.5 cm³/mol. The number of carbonyl (C=O) groups is 1. The van der Waals surface area contributed by atoms with Gasteiger partial charge in [-0.3, -0.25) is 0 Å². The van der Waals surface area contributed by atoms with Crippen LogP contribution in [0.2, 0.25) is 0 Å². The lowest BCUT2D eigenvalue weighted by Gasteiger charge is -2.23. The number of nitrogens with one attached hydrogen (secondary N) is 1. The Morgan fingerprint density at radius 3 is 2.75 bits per heavy atom. The van der Waals surface area contributed by atoms with Crippen LogP contribution in [0.1, 0.15) is 30.1 Å². The fraction of sp³-hybridized carbons (Fsp3) is 0.500. The van der Waals surface area contributed by atoms with Crippen molar-refractivity contribution in [2.24, 2.45) is 0 Å². The van der Waals surface area contributed by atoms with Crippen molar-refractivity contribution in [3.8, 4) is 0 Å². The SMILES string of the molecule is CC(CN1CCCC1)Nc1cc(F)c(C(=O)O)cc1N. The van der Waals surface area contributed by atoms with E-state index in [1.807, 2.05) is 6.92 Å². The Kier molecular flexibility index (Phi) is 4.44. The van der Waals surface area contributed by atoms with Crippen molar-refractivity contribution in [1.29, 1.82) is 0 Å². The lowest BCUT2D eigenvalue weighted by atomic mass is 10.1. The molecule has 1 unspecified atom stereocenters. The maximum Gasteiger partial charge on any atom is 0.338 e. The largest absolute Gasteiger partial charge is 0.478 e. The number of carboxylic acids is 1. The molecule has 0 aliphatic carbocycles. The first kappa shape index (κ1) is 14.6. The van der Waals surface area contributed by atoms with E-state index in [1.165, 1.54) is 12.8 Å². The summed E-state index contributed by atoms with van der Waals surface area (Å²) in [6.45, 7) is 5.05. The number of carboxylic acid groups (broad SMARTS) is 1. The molecule has 0 spiro atoms. The number of aromatic carboxylic acids is 1. The molecule has 1 heterocycles. The van der Waals surface area contributed by atoms with E-state index in [0.29, 0.717) is 5.69 Å². The molecule has 0 saturated carbocycles. The van der Waals surface area contributed by atoms with Gasteiger partial charge in [-0.1, -0.05) is 0 Å². The minimum Gasteiger partial charge on any atom is -0.478 e. The number of anilines is 2. The minimum absolute atomic E-state index is 0.116. The standard InChI is InChI=1S/C14H20FN3O2/c1-9(8-18-4-2-3-5-18)17-13-7-11(15)10(14(19)20)6-12(13)16/h6-7,9,17H,2-5,8,16H2,1H3,(H,19,20). The Balaban J connectivity index is 2.05. The van der Waals surface area contributed by atoms with E-state index in [9.17, 15) is 9.18 Å². The Hall–Kier alpha value is -1.82. The molecule has 1 aromatic rings. The molecule has 0 aromatic heterocycles.